The second-order valence-corrected chi connectivity index (χ2v) is 7.78. The van der Waals surface area contributed by atoms with E-state index in [1.54, 1.807) is 0 Å². The average Bonchev–Trinajstić information content (AvgIpc) is 2.84. The van der Waals surface area contributed by atoms with Crippen LogP contribution in [0.1, 0.15) is 11.3 Å². The molecule has 1 saturated heterocycles. The molecule has 5 nitrogen and oxygen atoms in total. The molecule has 31 heavy (non-hydrogen) atoms. The Bertz CT molecular complexity index is 892. The lowest BCUT2D eigenvalue weighted by Crippen LogP contribution is -2.38. The third-order valence-electron chi connectivity index (χ3n) is 5.52. The number of nitrogens with zero attached hydrogens (tertiary/aromatic N) is 2. The first-order valence-corrected chi connectivity index (χ1v) is 11.1. The summed E-state index contributed by atoms with van der Waals surface area (Å²) in [7, 11) is 0. The zero-order valence-corrected chi connectivity index (χ0v) is 18.0. The SMILES string of the molecule is c1ccc(CNCCc2ccc(-c3ccc(OCCN4CCOCC4)cc3)cn2)cc1. The van der Waals surface area contributed by atoms with Crippen molar-refractivity contribution < 1.29 is 9.47 Å². The van der Waals surface area contributed by atoms with Crippen LogP contribution in [0.15, 0.2) is 72.9 Å². The van der Waals surface area contributed by atoms with Crippen molar-refractivity contribution in [3.8, 4) is 16.9 Å². The van der Waals surface area contributed by atoms with E-state index in [-0.39, 0.29) is 0 Å². The Morgan fingerprint density at radius 1 is 0.903 bits per heavy atom. The van der Waals surface area contributed by atoms with E-state index < -0.39 is 0 Å². The fourth-order valence-electron chi connectivity index (χ4n) is 3.65. The van der Waals surface area contributed by atoms with Gasteiger partial charge >= 0.3 is 0 Å². The van der Waals surface area contributed by atoms with Crippen molar-refractivity contribution in [1.82, 2.24) is 15.2 Å². The van der Waals surface area contributed by atoms with Crippen molar-refractivity contribution in [3.63, 3.8) is 0 Å². The minimum atomic E-state index is 0.702. The van der Waals surface area contributed by atoms with Crippen molar-refractivity contribution in [2.45, 2.75) is 13.0 Å². The maximum Gasteiger partial charge on any atom is 0.119 e. The molecule has 4 rings (SSSR count). The number of rotatable bonds is 10. The smallest absolute Gasteiger partial charge is 0.119 e. The molecule has 1 fully saturated rings. The van der Waals surface area contributed by atoms with Gasteiger partial charge < -0.3 is 14.8 Å². The largest absolute Gasteiger partial charge is 0.492 e. The normalized spacial score (nSPS) is 14.5. The molecule has 1 aliphatic heterocycles. The topological polar surface area (TPSA) is 46.6 Å². The molecule has 5 heteroatoms. The molecule has 2 heterocycles. The first-order valence-electron chi connectivity index (χ1n) is 11.1. The van der Waals surface area contributed by atoms with Crippen LogP contribution in [0.5, 0.6) is 5.75 Å². The lowest BCUT2D eigenvalue weighted by Gasteiger charge is -2.26. The van der Waals surface area contributed by atoms with Gasteiger partial charge in [-0.05, 0) is 29.3 Å². The summed E-state index contributed by atoms with van der Waals surface area (Å²) in [5.41, 5.74) is 4.69. The van der Waals surface area contributed by atoms with E-state index >= 15 is 0 Å². The molecule has 0 aliphatic carbocycles. The average molecular weight is 418 g/mol. The highest BCUT2D eigenvalue weighted by atomic mass is 16.5. The van der Waals surface area contributed by atoms with Gasteiger partial charge in [-0.15, -0.1) is 0 Å². The maximum absolute atomic E-state index is 5.90. The molecule has 1 N–H and O–H groups in total. The molecule has 0 unspecified atom stereocenters. The molecule has 162 valence electrons. The number of benzene rings is 2. The molecule has 0 bridgehead atoms. The van der Waals surface area contributed by atoms with E-state index in [0.717, 1.165) is 74.9 Å². The van der Waals surface area contributed by atoms with Crippen LogP contribution >= 0.6 is 0 Å². The molecule has 3 aromatic rings. The second kappa shape index (κ2) is 11.6. The zero-order valence-electron chi connectivity index (χ0n) is 18.0. The molecule has 0 saturated carbocycles. The van der Waals surface area contributed by atoms with Crippen molar-refractivity contribution >= 4 is 0 Å². The Morgan fingerprint density at radius 3 is 2.42 bits per heavy atom. The Balaban J connectivity index is 1.20. The first kappa shape index (κ1) is 21.5. The number of pyridine rings is 1. The second-order valence-electron chi connectivity index (χ2n) is 7.78. The van der Waals surface area contributed by atoms with Gasteiger partial charge in [0.25, 0.3) is 0 Å². The van der Waals surface area contributed by atoms with Crippen LogP contribution < -0.4 is 10.1 Å². The van der Waals surface area contributed by atoms with Gasteiger partial charge in [0.05, 0.1) is 13.2 Å². The highest BCUT2D eigenvalue weighted by Gasteiger charge is 2.09. The van der Waals surface area contributed by atoms with Crippen LogP contribution in [0.3, 0.4) is 0 Å². The van der Waals surface area contributed by atoms with E-state index in [1.807, 2.05) is 24.4 Å². The van der Waals surface area contributed by atoms with E-state index in [9.17, 15) is 0 Å². The number of hydrogen-bond acceptors (Lipinski definition) is 5. The number of morpholine rings is 1. The number of ether oxygens (including phenoxy) is 2. The molecular weight excluding hydrogens is 386 g/mol. The third-order valence-corrected chi connectivity index (χ3v) is 5.52. The summed E-state index contributed by atoms with van der Waals surface area (Å²) in [5, 5.41) is 3.48. The number of nitrogens with one attached hydrogen (secondary N) is 1. The van der Waals surface area contributed by atoms with E-state index in [0.29, 0.717) is 6.61 Å². The highest BCUT2D eigenvalue weighted by molar-refractivity contribution is 5.63. The summed E-state index contributed by atoms with van der Waals surface area (Å²) in [5.74, 6) is 0.908. The van der Waals surface area contributed by atoms with Crippen molar-refractivity contribution in [3.05, 3.63) is 84.2 Å². The lowest BCUT2D eigenvalue weighted by atomic mass is 10.1. The molecule has 0 radical (unpaired) electrons. The molecule has 1 aliphatic rings. The summed E-state index contributed by atoms with van der Waals surface area (Å²) in [6.45, 7) is 7.09. The van der Waals surface area contributed by atoms with Crippen LogP contribution in [0.25, 0.3) is 11.1 Å². The first-order chi connectivity index (χ1) is 15.4. The van der Waals surface area contributed by atoms with Crippen LogP contribution in [0.4, 0.5) is 0 Å². The summed E-state index contributed by atoms with van der Waals surface area (Å²) in [6, 6.07) is 23.0. The van der Waals surface area contributed by atoms with Crippen LogP contribution in [0.2, 0.25) is 0 Å². The Morgan fingerprint density at radius 2 is 1.68 bits per heavy atom. The summed E-state index contributed by atoms with van der Waals surface area (Å²) in [6.07, 6.45) is 2.88. The van der Waals surface area contributed by atoms with Gasteiger partial charge in [-0.25, -0.2) is 0 Å². The van der Waals surface area contributed by atoms with Gasteiger partial charge in [-0.2, -0.15) is 0 Å². The van der Waals surface area contributed by atoms with Crippen LogP contribution in [0, 0.1) is 0 Å². The van der Waals surface area contributed by atoms with E-state index in [2.05, 4.69) is 63.7 Å². The Kier molecular flexibility index (Phi) is 8.05. The van der Waals surface area contributed by atoms with Gasteiger partial charge in [-0.1, -0.05) is 48.5 Å². The molecular formula is C26H31N3O2. The van der Waals surface area contributed by atoms with Crippen LogP contribution in [-0.2, 0) is 17.7 Å². The Hall–Kier alpha value is -2.73. The highest BCUT2D eigenvalue weighted by Crippen LogP contribution is 2.22. The minimum Gasteiger partial charge on any atom is -0.492 e. The standard InChI is InChI=1S/C26H31N3O2/c1-2-4-22(5-3-1)20-27-13-12-25-9-6-24(21-28-25)23-7-10-26(11-8-23)31-19-16-29-14-17-30-18-15-29/h1-11,21,27H,12-20H2. The van der Waals surface area contributed by atoms with Crippen molar-refractivity contribution in [2.24, 2.45) is 0 Å². The summed E-state index contributed by atoms with van der Waals surface area (Å²) >= 11 is 0. The molecule has 0 atom stereocenters. The minimum absolute atomic E-state index is 0.702. The molecule has 0 amide bonds. The van der Waals surface area contributed by atoms with Gasteiger partial charge in [0, 0.05) is 56.6 Å². The fraction of sp³-hybridized carbons (Fsp3) is 0.346. The predicted octanol–water partition coefficient (Wildman–Crippen LogP) is 3.79. The quantitative estimate of drug-likeness (QED) is 0.509. The van der Waals surface area contributed by atoms with Gasteiger partial charge in [0.1, 0.15) is 12.4 Å². The fourth-order valence-corrected chi connectivity index (χ4v) is 3.65. The molecule has 0 spiro atoms. The van der Waals surface area contributed by atoms with E-state index in [4.69, 9.17) is 9.47 Å². The monoisotopic (exact) mass is 417 g/mol. The van der Waals surface area contributed by atoms with Gasteiger partial charge in [0.15, 0.2) is 0 Å². The van der Waals surface area contributed by atoms with E-state index in [1.165, 1.54) is 5.56 Å². The van der Waals surface area contributed by atoms with Crippen molar-refractivity contribution in [1.29, 1.82) is 0 Å². The number of aromatic nitrogens is 1. The zero-order chi connectivity index (χ0) is 21.1. The third kappa shape index (κ3) is 6.89. The molecule has 1 aromatic heterocycles. The van der Waals surface area contributed by atoms with Gasteiger partial charge in [0.2, 0.25) is 0 Å². The Labute approximate surface area is 185 Å². The number of hydrogen-bond donors (Lipinski definition) is 1. The maximum atomic E-state index is 5.90. The molecule has 2 aromatic carbocycles. The summed E-state index contributed by atoms with van der Waals surface area (Å²) < 4.78 is 11.3. The summed E-state index contributed by atoms with van der Waals surface area (Å²) in [4.78, 5) is 7.01. The lowest BCUT2D eigenvalue weighted by molar-refractivity contribution is 0.0322. The van der Waals surface area contributed by atoms with Crippen molar-refractivity contribution in [2.75, 3.05) is 46.0 Å². The van der Waals surface area contributed by atoms with Crippen LogP contribution in [-0.4, -0.2) is 55.9 Å². The predicted molar refractivity (Wildman–Crippen MR) is 124 cm³/mol. The van der Waals surface area contributed by atoms with Gasteiger partial charge in [-0.3, -0.25) is 9.88 Å².